The Morgan fingerprint density at radius 1 is 1.21 bits per heavy atom. The van der Waals surface area contributed by atoms with Gasteiger partial charge in [0.05, 0.1) is 29.0 Å². The van der Waals surface area contributed by atoms with Crippen LogP contribution in [0.3, 0.4) is 0 Å². The highest BCUT2D eigenvalue weighted by molar-refractivity contribution is 5.98. The molecule has 2 atom stereocenters. The van der Waals surface area contributed by atoms with E-state index in [1.54, 1.807) is 24.3 Å². The third-order valence-electron chi connectivity index (χ3n) is 4.67. The van der Waals surface area contributed by atoms with Gasteiger partial charge in [-0.25, -0.2) is 8.78 Å². The Bertz CT molecular complexity index is 1050. The number of carbonyl (C=O) groups is 1. The average Bonchev–Trinajstić information content (AvgIpc) is 3.28. The predicted molar refractivity (Wildman–Crippen MR) is 102 cm³/mol. The van der Waals surface area contributed by atoms with Crippen molar-refractivity contribution in [2.24, 2.45) is 0 Å². The Morgan fingerprint density at radius 2 is 2.00 bits per heavy atom. The number of aromatic nitrogens is 2. The second-order valence-electron chi connectivity index (χ2n) is 6.71. The van der Waals surface area contributed by atoms with Crippen molar-refractivity contribution in [1.29, 1.82) is 0 Å². The molecule has 28 heavy (non-hydrogen) atoms. The van der Waals surface area contributed by atoms with E-state index in [-0.39, 0.29) is 17.9 Å². The number of aromatic amines is 1. The van der Waals surface area contributed by atoms with Crippen molar-refractivity contribution in [3.05, 3.63) is 59.3 Å². The number of aliphatic hydroxyl groups is 1. The van der Waals surface area contributed by atoms with E-state index >= 15 is 0 Å². The van der Waals surface area contributed by atoms with Crippen molar-refractivity contribution < 1.29 is 18.7 Å². The van der Waals surface area contributed by atoms with Gasteiger partial charge in [-0.2, -0.15) is 5.10 Å². The van der Waals surface area contributed by atoms with Gasteiger partial charge in [-0.3, -0.25) is 9.89 Å². The highest BCUT2D eigenvalue weighted by Crippen LogP contribution is 2.26. The molecule has 2 heterocycles. The largest absolute Gasteiger partial charge is 0.392 e. The first-order valence-corrected chi connectivity index (χ1v) is 8.83. The average molecular weight is 384 g/mol. The topological polar surface area (TPSA) is 90.0 Å². The van der Waals surface area contributed by atoms with E-state index in [9.17, 15) is 18.7 Å². The van der Waals surface area contributed by atoms with Gasteiger partial charge in [-0.15, -0.1) is 0 Å². The molecule has 0 radical (unpaired) electrons. The van der Waals surface area contributed by atoms with Crippen molar-refractivity contribution in [2.45, 2.75) is 18.6 Å². The summed E-state index contributed by atoms with van der Waals surface area (Å²) in [6, 6.07) is 8.21. The van der Waals surface area contributed by atoms with E-state index in [0.717, 1.165) is 5.56 Å². The standard InChI is InChI=1S/C20H18F2N4O2/c21-12-4-1-11(2-5-12)3-6-16-14-8-18(15(22)9-17(14)26-25-16)24-20(28)19-7-13(27)10-23-19/h1-6,8-9,13,19,23,27H,7,10H2,(H,24,28)(H,25,26)/t13-,19+/m1/s1. The number of hydrogen-bond acceptors (Lipinski definition) is 4. The van der Waals surface area contributed by atoms with Gasteiger partial charge in [-0.05, 0) is 36.3 Å². The molecule has 0 unspecified atom stereocenters. The van der Waals surface area contributed by atoms with Gasteiger partial charge in [0.2, 0.25) is 5.91 Å². The second-order valence-corrected chi connectivity index (χ2v) is 6.71. The molecule has 0 bridgehead atoms. The first-order valence-electron chi connectivity index (χ1n) is 8.83. The van der Waals surface area contributed by atoms with Crippen LogP contribution in [0.2, 0.25) is 0 Å². The number of β-amino-alcohol motifs (C(OH)–C–C–N with tert-alkyl or cyclic N) is 1. The van der Waals surface area contributed by atoms with Crippen LogP contribution in [0.25, 0.3) is 23.1 Å². The number of nitrogens with one attached hydrogen (secondary N) is 3. The Kier molecular flexibility index (Phi) is 4.89. The molecule has 1 fully saturated rings. The Balaban J connectivity index is 1.59. The summed E-state index contributed by atoms with van der Waals surface area (Å²) in [6.07, 6.45) is 3.19. The number of halogens is 2. The maximum Gasteiger partial charge on any atom is 0.241 e. The maximum atomic E-state index is 14.4. The van der Waals surface area contributed by atoms with E-state index in [1.807, 2.05) is 0 Å². The fourth-order valence-corrected chi connectivity index (χ4v) is 3.17. The van der Waals surface area contributed by atoms with Gasteiger partial charge >= 0.3 is 0 Å². The summed E-state index contributed by atoms with van der Waals surface area (Å²) in [7, 11) is 0. The zero-order chi connectivity index (χ0) is 19.7. The summed E-state index contributed by atoms with van der Waals surface area (Å²) < 4.78 is 27.4. The lowest BCUT2D eigenvalue weighted by Gasteiger charge is -2.12. The molecule has 2 aromatic carbocycles. The van der Waals surface area contributed by atoms with Crippen molar-refractivity contribution in [1.82, 2.24) is 15.5 Å². The predicted octanol–water partition coefficient (Wildman–Crippen LogP) is 2.67. The monoisotopic (exact) mass is 384 g/mol. The quantitative estimate of drug-likeness (QED) is 0.557. The van der Waals surface area contributed by atoms with Crippen LogP contribution in [-0.2, 0) is 4.79 Å². The highest BCUT2D eigenvalue weighted by atomic mass is 19.1. The zero-order valence-electron chi connectivity index (χ0n) is 14.7. The van der Waals surface area contributed by atoms with E-state index in [1.165, 1.54) is 24.3 Å². The molecule has 1 amide bonds. The van der Waals surface area contributed by atoms with E-state index < -0.39 is 23.9 Å². The van der Waals surface area contributed by atoms with Crippen LogP contribution in [0, 0.1) is 11.6 Å². The minimum absolute atomic E-state index is 0.0403. The third kappa shape index (κ3) is 3.78. The Labute approximate surface area is 159 Å². The van der Waals surface area contributed by atoms with E-state index in [2.05, 4.69) is 20.8 Å². The first kappa shape index (κ1) is 18.3. The number of aliphatic hydroxyl groups excluding tert-OH is 1. The first-order chi connectivity index (χ1) is 13.5. The minimum atomic E-state index is -0.586. The molecule has 0 aliphatic carbocycles. The fraction of sp³-hybridized carbons (Fsp3) is 0.200. The Morgan fingerprint density at radius 3 is 2.71 bits per heavy atom. The molecule has 3 aromatic rings. The highest BCUT2D eigenvalue weighted by Gasteiger charge is 2.28. The van der Waals surface area contributed by atoms with Gasteiger partial charge in [0.1, 0.15) is 11.6 Å². The zero-order valence-corrected chi connectivity index (χ0v) is 14.7. The summed E-state index contributed by atoms with van der Waals surface area (Å²) in [5.74, 6) is -1.30. The van der Waals surface area contributed by atoms with Crippen LogP contribution in [0.4, 0.5) is 14.5 Å². The molecule has 0 spiro atoms. The number of fused-ring (bicyclic) bond motifs is 1. The van der Waals surface area contributed by atoms with Crippen LogP contribution >= 0.6 is 0 Å². The lowest BCUT2D eigenvalue weighted by molar-refractivity contribution is -0.118. The molecule has 4 N–H and O–H groups in total. The lowest BCUT2D eigenvalue weighted by Crippen LogP contribution is -2.35. The van der Waals surface area contributed by atoms with E-state index in [4.69, 9.17) is 0 Å². The van der Waals surface area contributed by atoms with E-state index in [0.29, 0.717) is 23.1 Å². The Hall–Kier alpha value is -3.10. The summed E-state index contributed by atoms with van der Waals surface area (Å²) in [5.41, 5.74) is 1.88. The number of H-pyrrole nitrogens is 1. The van der Waals surface area contributed by atoms with Crippen molar-refractivity contribution in [3.63, 3.8) is 0 Å². The number of rotatable bonds is 4. The van der Waals surface area contributed by atoms with Crippen molar-refractivity contribution in [3.8, 4) is 0 Å². The lowest BCUT2D eigenvalue weighted by atomic mass is 10.1. The van der Waals surface area contributed by atoms with Gasteiger partial charge < -0.3 is 15.7 Å². The number of nitrogens with zero attached hydrogens (tertiary/aromatic N) is 1. The minimum Gasteiger partial charge on any atom is -0.392 e. The molecule has 4 rings (SSSR count). The number of hydrogen-bond donors (Lipinski definition) is 4. The summed E-state index contributed by atoms with van der Waals surface area (Å²) >= 11 is 0. The summed E-state index contributed by atoms with van der Waals surface area (Å²) in [5, 5.41) is 22.5. The number of anilines is 1. The smallest absolute Gasteiger partial charge is 0.241 e. The fourth-order valence-electron chi connectivity index (χ4n) is 3.17. The van der Waals surface area contributed by atoms with Gasteiger partial charge in [0.15, 0.2) is 0 Å². The van der Waals surface area contributed by atoms with Crippen molar-refractivity contribution >= 4 is 34.6 Å². The molecular weight excluding hydrogens is 366 g/mol. The molecule has 0 saturated carbocycles. The van der Waals surface area contributed by atoms with Crippen molar-refractivity contribution in [2.75, 3.05) is 11.9 Å². The summed E-state index contributed by atoms with van der Waals surface area (Å²) in [4.78, 5) is 12.3. The van der Waals surface area contributed by atoms with Gasteiger partial charge in [-0.1, -0.05) is 18.2 Å². The molecule has 144 valence electrons. The molecule has 8 heteroatoms. The number of amides is 1. The molecular formula is C20H18F2N4O2. The molecule has 1 saturated heterocycles. The van der Waals surface area contributed by atoms with Crippen LogP contribution < -0.4 is 10.6 Å². The SMILES string of the molecule is O=C(Nc1cc2c(C=Cc3ccc(F)cc3)n[nH]c2cc1F)[C@@H]1C[C@@H](O)CN1. The molecule has 1 aliphatic heterocycles. The third-order valence-corrected chi connectivity index (χ3v) is 4.67. The summed E-state index contributed by atoms with van der Waals surface area (Å²) in [6.45, 7) is 0.333. The molecule has 6 nitrogen and oxygen atoms in total. The van der Waals surface area contributed by atoms with Crippen LogP contribution in [0.5, 0.6) is 0 Å². The van der Waals surface area contributed by atoms with Crippen LogP contribution in [0.1, 0.15) is 17.7 Å². The molecule has 1 aliphatic rings. The maximum absolute atomic E-state index is 14.4. The normalized spacial score (nSPS) is 19.5. The second kappa shape index (κ2) is 7.49. The van der Waals surface area contributed by atoms with Gasteiger partial charge in [0.25, 0.3) is 0 Å². The molecule has 1 aromatic heterocycles. The van der Waals surface area contributed by atoms with Crippen LogP contribution in [0.15, 0.2) is 36.4 Å². The number of benzene rings is 2. The van der Waals surface area contributed by atoms with Gasteiger partial charge in [0, 0.05) is 18.0 Å². The van der Waals surface area contributed by atoms with Crippen LogP contribution in [-0.4, -0.2) is 39.9 Å². The number of carbonyl (C=O) groups excluding carboxylic acids is 1.